The van der Waals surface area contributed by atoms with Gasteiger partial charge in [-0.1, -0.05) is 82.3 Å². The maximum absolute atomic E-state index is 7.92. The van der Waals surface area contributed by atoms with E-state index in [4.69, 9.17) is 17.9 Å². The minimum atomic E-state index is -2.22. The SMILES string of the molecule is [2H]C([2H])([2H])c1ccc2c(c1)oc1c(-c3nc4ccccc4n3-c3c(C(C)C)cc(-c4cc5ccccc5o4)cc3C(C)C)cccc12. The van der Waals surface area contributed by atoms with Gasteiger partial charge in [0.2, 0.25) is 0 Å². The maximum Gasteiger partial charge on any atom is 0.149 e. The summed E-state index contributed by atoms with van der Waals surface area (Å²) in [6.07, 6.45) is 0. The Morgan fingerprint density at radius 2 is 1.48 bits per heavy atom. The van der Waals surface area contributed by atoms with E-state index in [2.05, 4.69) is 68.7 Å². The molecule has 0 aliphatic rings. The maximum atomic E-state index is 7.92. The van der Waals surface area contributed by atoms with E-state index in [9.17, 15) is 0 Å². The van der Waals surface area contributed by atoms with Crippen molar-refractivity contribution in [3.8, 4) is 28.4 Å². The van der Waals surface area contributed by atoms with E-state index in [-0.39, 0.29) is 17.4 Å². The third-order valence-electron chi connectivity index (χ3n) is 8.65. The highest BCUT2D eigenvalue weighted by atomic mass is 16.3. The third-order valence-corrected chi connectivity index (χ3v) is 8.65. The predicted octanol–water partition coefficient (Wildman–Crippen LogP) is 11.6. The normalized spacial score (nSPS) is 13.5. The Morgan fingerprint density at radius 1 is 0.705 bits per heavy atom. The van der Waals surface area contributed by atoms with Crippen LogP contribution >= 0.6 is 0 Å². The van der Waals surface area contributed by atoms with Gasteiger partial charge < -0.3 is 8.83 Å². The molecule has 44 heavy (non-hydrogen) atoms. The van der Waals surface area contributed by atoms with Gasteiger partial charge in [0, 0.05) is 25.8 Å². The monoisotopic (exact) mass is 577 g/mol. The molecule has 0 saturated heterocycles. The van der Waals surface area contributed by atoms with Crippen LogP contribution in [0.15, 0.2) is 112 Å². The number of furan rings is 2. The van der Waals surface area contributed by atoms with Gasteiger partial charge in [0.1, 0.15) is 28.3 Å². The van der Waals surface area contributed by atoms with Crippen LogP contribution in [0.25, 0.3) is 72.3 Å². The molecule has 4 nitrogen and oxygen atoms in total. The second-order valence-electron chi connectivity index (χ2n) is 12.2. The molecule has 0 bridgehead atoms. The summed E-state index contributed by atoms with van der Waals surface area (Å²) in [6.45, 7) is 6.69. The zero-order valence-electron chi connectivity index (χ0n) is 28.2. The van der Waals surface area contributed by atoms with Crippen molar-refractivity contribution >= 4 is 43.9 Å². The molecule has 8 rings (SSSR count). The van der Waals surface area contributed by atoms with Gasteiger partial charge in [-0.15, -0.1) is 0 Å². The van der Waals surface area contributed by atoms with Crippen LogP contribution in [0.1, 0.15) is 60.3 Å². The quantitative estimate of drug-likeness (QED) is 0.204. The number of nitrogens with zero attached hydrogens (tertiary/aromatic N) is 2. The number of para-hydroxylation sites is 4. The minimum Gasteiger partial charge on any atom is -0.456 e. The van der Waals surface area contributed by atoms with Gasteiger partial charge in [0.05, 0.1) is 22.3 Å². The van der Waals surface area contributed by atoms with E-state index < -0.39 is 6.85 Å². The first-order valence-corrected chi connectivity index (χ1v) is 15.2. The van der Waals surface area contributed by atoms with Crippen molar-refractivity contribution in [2.75, 3.05) is 0 Å². The van der Waals surface area contributed by atoms with E-state index in [0.29, 0.717) is 11.2 Å². The van der Waals surface area contributed by atoms with E-state index in [1.54, 1.807) is 12.1 Å². The largest absolute Gasteiger partial charge is 0.456 e. The van der Waals surface area contributed by atoms with E-state index in [0.717, 1.165) is 61.2 Å². The van der Waals surface area contributed by atoms with Gasteiger partial charge in [-0.25, -0.2) is 4.98 Å². The molecular weight excluding hydrogens is 540 g/mol. The lowest BCUT2D eigenvalue weighted by Crippen LogP contribution is -2.09. The highest BCUT2D eigenvalue weighted by molar-refractivity contribution is 6.09. The number of benzene rings is 5. The number of aryl methyl sites for hydroxylation is 1. The highest BCUT2D eigenvalue weighted by Crippen LogP contribution is 2.43. The second kappa shape index (κ2) is 9.99. The average Bonchev–Trinajstić information content (AvgIpc) is 3.76. The third kappa shape index (κ3) is 4.09. The van der Waals surface area contributed by atoms with Crippen molar-refractivity contribution in [3.63, 3.8) is 0 Å². The molecule has 0 saturated carbocycles. The fourth-order valence-electron chi connectivity index (χ4n) is 6.49. The Labute approximate surface area is 260 Å². The molecule has 0 atom stereocenters. The van der Waals surface area contributed by atoms with Gasteiger partial charge in [-0.05, 0) is 83.9 Å². The van der Waals surface area contributed by atoms with Crippen LogP contribution < -0.4 is 0 Å². The molecule has 0 aliphatic heterocycles. The first kappa shape index (κ1) is 23.4. The molecule has 3 aromatic heterocycles. The van der Waals surface area contributed by atoms with Crippen LogP contribution in [-0.2, 0) is 0 Å². The minimum absolute atomic E-state index is 0.195. The zero-order chi connectivity index (χ0) is 32.6. The van der Waals surface area contributed by atoms with Gasteiger partial charge in [-0.2, -0.15) is 0 Å². The number of imidazole rings is 1. The standard InChI is InChI=1S/C40H34N2O2/c1-23(2)31-20-27(36-22-26-11-6-9-16-35(26)43-36)21-32(24(3)4)38(31)42-34-15-8-7-14-33(34)41-40(42)30-13-10-12-29-28-18-17-25(5)19-37(28)44-39(29)30/h6-24H,1-5H3/i5D3. The summed E-state index contributed by atoms with van der Waals surface area (Å²) in [7, 11) is 0. The fraction of sp³-hybridized carbons (Fsp3) is 0.175. The van der Waals surface area contributed by atoms with Crippen molar-refractivity contribution < 1.29 is 12.9 Å². The predicted molar refractivity (Wildman–Crippen MR) is 182 cm³/mol. The first-order chi connectivity index (χ1) is 22.6. The number of hydrogen-bond acceptors (Lipinski definition) is 3. The van der Waals surface area contributed by atoms with Gasteiger partial charge in [0.25, 0.3) is 0 Å². The number of rotatable bonds is 5. The lowest BCUT2D eigenvalue weighted by Gasteiger charge is -2.24. The van der Waals surface area contributed by atoms with Crippen LogP contribution in [0.2, 0.25) is 0 Å². The summed E-state index contributed by atoms with van der Waals surface area (Å²) < 4.78 is 38.9. The van der Waals surface area contributed by atoms with Gasteiger partial charge in [0.15, 0.2) is 0 Å². The van der Waals surface area contributed by atoms with Gasteiger partial charge >= 0.3 is 0 Å². The molecule has 0 aliphatic carbocycles. The lowest BCUT2D eigenvalue weighted by atomic mass is 9.89. The molecular formula is C40H34N2O2. The second-order valence-corrected chi connectivity index (χ2v) is 12.2. The summed E-state index contributed by atoms with van der Waals surface area (Å²) in [5.41, 5.74) is 9.61. The van der Waals surface area contributed by atoms with Gasteiger partial charge in [-0.3, -0.25) is 4.57 Å². The van der Waals surface area contributed by atoms with Crippen molar-refractivity contribution in [1.82, 2.24) is 9.55 Å². The molecule has 4 heteroatoms. The molecule has 216 valence electrons. The number of hydrogen-bond donors (Lipinski definition) is 0. The lowest BCUT2D eigenvalue weighted by molar-refractivity contribution is 0.631. The van der Waals surface area contributed by atoms with E-state index in [1.807, 2.05) is 54.6 Å². The Morgan fingerprint density at radius 3 is 2.25 bits per heavy atom. The van der Waals surface area contributed by atoms with Crippen molar-refractivity contribution in [1.29, 1.82) is 0 Å². The first-order valence-electron chi connectivity index (χ1n) is 16.7. The Bertz CT molecular complexity index is 2410. The topological polar surface area (TPSA) is 44.1 Å². The molecule has 0 spiro atoms. The molecule has 0 amide bonds. The molecule has 8 aromatic rings. The van der Waals surface area contributed by atoms with Crippen LogP contribution in [0.4, 0.5) is 0 Å². The Balaban J connectivity index is 1.42. The Kier molecular flexibility index (Phi) is 5.31. The smallest absolute Gasteiger partial charge is 0.149 e. The fourth-order valence-corrected chi connectivity index (χ4v) is 6.49. The van der Waals surface area contributed by atoms with Crippen molar-refractivity contribution in [2.24, 2.45) is 0 Å². The van der Waals surface area contributed by atoms with E-state index >= 15 is 0 Å². The average molecular weight is 578 g/mol. The summed E-state index contributed by atoms with van der Waals surface area (Å²) in [6, 6.07) is 34.2. The summed E-state index contributed by atoms with van der Waals surface area (Å²) >= 11 is 0. The van der Waals surface area contributed by atoms with Crippen molar-refractivity contribution in [3.05, 3.63) is 120 Å². The van der Waals surface area contributed by atoms with Crippen LogP contribution in [0.5, 0.6) is 0 Å². The molecule has 3 heterocycles. The van der Waals surface area contributed by atoms with Crippen LogP contribution in [0.3, 0.4) is 0 Å². The molecule has 0 radical (unpaired) electrons. The van der Waals surface area contributed by atoms with Crippen LogP contribution in [-0.4, -0.2) is 9.55 Å². The number of aromatic nitrogens is 2. The molecule has 0 fully saturated rings. The summed E-state index contributed by atoms with van der Waals surface area (Å²) in [5.74, 6) is 2.01. The molecule has 5 aromatic carbocycles. The van der Waals surface area contributed by atoms with Crippen LogP contribution in [0, 0.1) is 6.85 Å². The van der Waals surface area contributed by atoms with E-state index in [1.165, 1.54) is 11.1 Å². The zero-order valence-corrected chi connectivity index (χ0v) is 25.2. The summed E-state index contributed by atoms with van der Waals surface area (Å²) in [4.78, 5) is 5.24. The summed E-state index contributed by atoms with van der Waals surface area (Å²) in [5, 5.41) is 2.87. The Hall–Kier alpha value is -5.09. The molecule has 0 N–H and O–H groups in total. The highest BCUT2D eigenvalue weighted by Gasteiger charge is 2.26. The number of fused-ring (bicyclic) bond motifs is 5. The molecule has 0 unspecified atom stereocenters. The van der Waals surface area contributed by atoms with Crippen molar-refractivity contribution in [2.45, 2.75) is 46.4 Å².